The molecule has 0 unspecified atom stereocenters. The van der Waals surface area contributed by atoms with Gasteiger partial charge in [0.15, 0.2) is 0 Å². The Morgan fingerprint density at radius 2 is 2.11 bits per heavy atom. The van der Waals surface area contributed by atoms with Crippen molar-refractivity contribution in [3.8, 4) is 0 Å². The molecule has 0 atom stereocenters. The molecular formula is C13H15ClN2O2S. The number of fused-ring (bicyclic) bond motifs is 1. The van der Waals surface area contributed by atoms with Gasteiger partial charge in [0.1, 0.15) is 15.8 Å². The first-order chi connectivity index (χ1) is 9.02. The van der Waals surface area contributed by atoms with Crippen LogP contribution in [0.2, 0.25) is 5.15 Å². The highest BCUT2D eigenvalue weighted by atomic mass is 35.5. The average molecular weight is 299 g/mol. The second kappa shape index (κ2) is 5.84. The van der Waals surface area contributed by atoms with Crippen LogP contribution >= 0.6 is 22.9 Å². The Bertz CT molecular complexity index is 625. The summed E-state index contributed by atoms with van der Waals surface area (Å²) >= 11 is 7.84. The number of halogens is 1. The number of carbonyl (C=O) groups excluding carboxylic acids is 1. The van der Waals surface area contributed by atoms with Crippen molar-refractivity contribution in [1.82, 2.24) is 9.97 Å². The van der Waals surface area contributed by atoms with Crippen molar-refractivity contribution in [3.05, 3.63) is 21.4 Å². The Labute approximate surface area is 120 Å². The molecule has 0 fully saturated rings. The van der Waals surface area contributed by atoms with Gasteiger partial charge in [-0.05, 0) is 25.8 Å². The molecule has 2 heterocycles. The maximum Gasteiger partial charge on any atom is 0.305 e. The fourth-order valence-electron chi connectivity index (χ4n) is 1.85. The number of methoxy groups -OCH3 is 1. The van der Waals surface area contributed by atoms with Gasteiger partial charge in [0, 0.05) is 17.7 Å². The summed E-state index contributed by atoms with van der Waals surface area (Å²) in [7, 11) is 1.39. The van der Waals surface area contributed by atoms with E-state index in [-0.39, 0.29) is 5.97 Å². The first-order valence-corrected chi connectivity index (χ1v) is 7.21. The van der Waals surface area contributed by atoms with E-state index in [9.17, 15) is 4.79 Å². The van der Waals surface area contributed by atoms with Crippen LogP contribution in [0.3, 0.4) is 0 Å². The molecule has 0 N–H and O–H groups in total. The van der Waals surface area contributed by atoms with E-state index in [4.69, 9.17) is 11.6 Å². The molecule has 0 radical (unpaired) electrons. The van der Waals surface area contributed by atoms with Crippen LogP contribution in [0.5, 0.6) is 0 Å². The number of thiophene rings is 1. The van der Waals surface area contributed by atoms with E-state index < -0.39 is 0 Å². The second-order valence-corrected chi connectivity index (χ2v) is 5.88. The minimum absolute atomic E-state index is 0.213. The summed E-state index contributed by atoms with van der Waals surface area (Å²) in [6.45, 7) is 4.08. The van der Waals surface area contributed by atoms with E-state index in [2.05, 4.69) is 21.6 Å². The first kappa shape index (κ1) is 14.2. The lowest BCUT2D eigenvalue weighted by Gasteiger charge is -2.02. The summed E-state index contributed by atoms with van der Waals surface area (Å²) in [6, 6.07) is 0. The molecule has 2 aromatic heterocycles. The molecular weight excluding hydrogens is 284 g/mol. The Hall–Kier alpha value is -1.20. The number of hydrogen-bond donors (Lipinski definition) is 0. The fraction of sp³-hybridized carbons (Fsp3) is 0.462. The van der Waals surface area contributed by atoms with Crippen molar-refractivity contribution < 1.29 is 9.53 Å². The summed E-state index contributed by atoms with van der Waals surface area (Å²) in [5, 5.41) is 1.45. The summed E-state index contributed by atoms with van der Waals surface area (Å²) < 4.78 is 4.60. The molecule has 0 bridgehead atoms. The van der Waals surface area contributed by atoms with E-state index in [1.54, 1.807) is 11.3 Å². The quantitative estimate of drug-likeness (QED) is 0.641. The van der Waals surface area contributed by atoms with Gasteiger partial charge in [-0.3, -0.25) is 4.79 Å². The fourth-order valence-corrected chi connectivity index (χ4v) is 3.28. The van der Waals surface area contributed by atoms with Crippen LogP contribution in [0.15, 0.2) is 0 Å². The van der Waals surface area contributed by atoms with Gasteiger partial charge in [0.2, 0.25) is 0 Å². The summed E-state index contributed by atoms with van der Waals surface area (Å²) in [5.41, 5.74) is 1.14. The normalized spacial score (nSPS) is 10.9. The molecule has 4 nitrogen and oxygen atoms in total. The van der Waals surface area contributed by atoms with Gasteiger partial charge < -0.3 is 4.74 Å². The molecule has 0 saturated carbocycles. The highest BCUT2D eigenvalue weighted by molar-refractivity contribution is 7.18. The molecule has 2 rings (SSSR count). The van der Waals surface area contributed by atoms with Crippen molar-refractivity contribution in [1.29, 1.82) is 0 Å². The smallest absolute Gasteiger partial charge is 0.305 e. The Morgan fingerprint density at radius 3 is 2.79 bits per heavy atom. The van der Waals surface area contributed by atoms with Crippen LogP contribution in [0.1, 0.15) is 29.1 Å². The predicted octanol–water partition coefficient (Wildman–Crippen LogP) is 3.46. The lowest BCUT2D eigenvalue weighted by molar-refractivity contribution is -0.140. The molecule has 0 spiro atoms. The van der Waals surface area contributed by atoms with Gasteiger partial charge in [0.25, 0.3) is 0 Å². The van der Waals surface area contributed by atoms with Gasteiger partial charge in [0.05, 0.1) is 12.5 Å². The van der Waals surface area contributed by atoms with E-state index in [1.807, 2.05) is 6.92 Å². The number of nitrogens with zero attached hydrogens (tertiary/aromatic N) is 2. The highest BCUT2D eigenvalue weighted by Crippen LogP contribution is 2.32. The first-order valence-electron chi connectivity index (χ1n) is 6.02. The molecule has 0 aliphatic heterocycles. The number of aromatic nitrogens is 2. The third-order valence-electron chi connectivity index (χ3n) is 3.04. The zero-order valence-corrected chi connectivity index (χ0v) is 12.7. The third kappa shape index (κ3) is 3.04. The largest absolute Gasteiger partial charge is 0.469 e. The van der Waals surface area contributed by atoms with Crippen LogP contribution < -0.4 is 0 Å². The Kier molecular flexibility index (Phi) is 4.37. The lowest BCUT2D eigenvalue weighted by Crippen LogP contribution is -2.02. The minimum Gasteiger partial charge on any atom is -0.469 e. The van der Waals surface area contributed by atoms with Crippen molar-refractivity contribution in [3.63, 3.8) is 0 Å². The molecule has 0 amide bonds. The third-order valence-corrected chi connectivity index (χ3v) is 4.41. The van der Waals surface area contributed by atoms with E-state index in [0.717, 1.165) is 15.8 Å². The Morgan fingerprint density at radius 1 is 1.37 bits per heavy atom. The second-order valence-electron chi connectivity index (χ2n) is 4.32. The van der Waals surface area contributed by atoms with Gasteiger partial charge in [-0.2, -0.15) is 0 Å². The summed E-state index contributed by atoms with van der Waals surface area (Å²) in [4.78, 5) is 22.0. The molecule has 0 aliphatic rings. The van der Waals surface area contributed by atoms with E-state index >= 15 is 0 Å². The molecule has 0 aliphatic carbocycles. The number of hydrogen-bond acceptors (Lipinski definition) is 5. The van der Waals surface area contributed by atoms with E-state index in [1.165, 1.54) is 12.0 Å². The lowest BCUT2D eigenvalue weighted by atomic mass is 10.2. The van der Waals surface area contributed by atoms with Crippen LogP contribution in [-0.4, -0.2) is 23.0 Å². The SMILES string of the molecule is COC(=O)CCCc1nc(Cl)c2c(C)c(C)sc2n1. The van der Waals surface area contributed by atoms with Crippen LogP contribution in [0.4, 0.5) is 0 Å². The zero-order chi connectivity index (χ0) is 14.0. The number of carbonyl (C=O) groups is 1. The maximum atomic E-state index is 11.0. The van der Waals surface area contributed by atoms with Gasteiger partial charge >= 0.3 is 5.97 Å². The molecule has 102 valence electrons. The molecule has 0 saturated heterocycles. The molecule has 0 aromatic carbocycles. The summed E-state index contributed by atoms with van der Waals surface area (Å²) in [5.74, 6) is 0.470. The van der Waals surface area contributed by atoms with Crippen molar-refractivity contribution in [2.24, 2.45) is 0 Å². The van der Waals surface area contributed by atoms with Crippen molar-refractivity contribution >= 4 is 39.1 Å². The van der Waals surface area contributed by atoms with Crippen molar-refractivity contribution in [2.45, 2.75) is 33.1 Å². The number of aryl methyl sites for hydroxylation is 3. The number of ether oxygens (including phenoxy) is 1. The van der Waals surface area contributed by atoms with Gasteiger partial charge in [-0.25, -0.2) is 9.97 Å². The zero-order valence-electron chi connectivity index (χ0n) is 11.1. The molecule has 6 heteroatoms. The van der Waals surface area contributed by atoms with Crippen LogP contribution in [-0.2, 0) is 16.0 Å². The van der Waals surface area contributed by atoms with Crippen LogP contribution in [0, 0.1) is 13.8 Å². The topological polar surface area (TPSA) is 52.1 Å². The Balaban J connectivity index is 2.19. The maximum absolute atomic E-state index is 11.0. The van der Waals surface area contributed by atoms with Crippen molar-refractivity contribution in [2.75, 3.05) is 7.11 Å². The van der Waals surface area contributed by atoms with E-state index in [0.29, 0.717) is 30.2 Å². The molecule has 2 aromatic rings. The predicted molar refractivity (Wildman–Crippen MR) is 76.9 cm³/mol. The van der Waals surface area contributed by atoms with Gasteiger partial charge in [-0.15, -0.1) is 11.3 Å². The molecule has 19 heavy (non-hydrogen) atoms. The van der Waals surface area contributed by atoms with Gasteiger partial charge in [-0.1, -0.05) is 11.6 Å². The monoisotopic (exact) mass is 298 g/mol. The highest BCUT2D eigenvalue weighted by Gasteiger charge is 2.13. The minimum atomic E-state index is -0.213. The standard InChI is InChI=1S/C13H15ClN2O2S/c1-7-8(2)19-13-11(7)12(14)15-9(16-13)5-4-6-10(17)18-3/h4-6H2,1-3H3. The summed E-state index contributed by atoms with van der Waals surface area (Å²) in [6.07, 6.45) is 1.66. The number of esters is 1. The van der Waals surface area contributed by atoms with Crippen LogP contribution in [0.25, 0.3) is 10.2 Å². The average Bonchev–Trinajstić information content (AvgIpc) is 2.65. The number of rotatable bonds is 4.